The molecular weight excluding hydrogens is 391 g/mol. The van der Waals surface area contributed by atoms with Gasteiger partial charge in [-0.3, -0.25) is 0 Å². The van der Waals surface area contributed by atoms with E-state index in [4.69, 9.17) is 0 Å². The Morgan fingerprint density at radius 2 is 1.74 bits per heavy atom. The lowest BCUT2D eigenvalue weighted by Crippen LogP contribution is -2.41. The Bertz CT molecular complexity index is 805. The lowest BCUT2D eigenvalue weighted by atomic mass is 10.1. The molecule has 2 aromatic rings. The maximum absolute atomic E-state index is 13.6. The minimum Gasteiger partial charge on any atom is -0.378 e. The first kappa shape index (κ1) is 24.7. The predicted molar refractivity (Wildman–Crippen MR) is 128 cm³/mol. The molecule has 0 spiro atoms. The van der Waals surface area contributed by atoms with Crippen molar-refractivity contribution in [2.24, 2.45) is 0 Å². The van der Waals surface area contributed by atoms with Crippen molar-refractivity contribution in [3.8, 4) is 0 Å². The van der Waals surface area contributed by atoms with E-state index in [1.165, 1.54) is 12.1 Å². The van der Waals surface area contributed by atoms with Crippen LogP contribution in [0.3, 0.4) is 0 Å². The van der Waals surface area contributed by atoms with Crippen LogP contribution in [-0.2, 0) is 6.54 Å². The molecule has 0 saturated heterocycles. The van der Waals surface area contributed by atoms with Crippen LogP contribution in [0.15, 0.2) is 48.5 Å². The Labute approximate surface area is 186 Å². The summed E-state index contributed by atoms with van der Waals surface area (Å²) in [5.74, 6) is -0.365. The van der Waals surface area contributed by atoms with E-state index in [1.807, 2.05) is 23.9 Å². The van der Waals surface area contributed by atoms with Gasteiger partial charge in [-0.2, -0.15) is 0 Å². The minimum atomic E-state index is -0.365. The van der Waals surface area contributed by atoms with Gasteiger partial charge < -0.3 is 20.0 Å². The van der Waals surface area contributed by atoms with Crippen LogP contribution >= 0.6 is 0 Å². The van der Waals surface area contributed by atoms with Crippen molar-refractivity contribution in [2.75, 3.05) is 43.9 Å². The third kappa shape index (κ3) is 7.87. The van der Waals surface area contributed by atoms with Crippen LogP contribution in [0.1, 0.15) is 39.2 Å². The molecule has 2 rings (SSSR count). The summed E-state index contributed by atoms with van der Waals surface area (Å²) in [6, 6.07) is 14.1. The zero-order chi connectivity index (χ0) is 22.8. The number of amides is 2. The molecule has 1 N–H and O–H groups in total. The number of halogens is 1. The highest BCUT2D eigenvalue weighted by Crippen LogP contribution is 2.19. The Morgan fingerprint density at radius 3 is 2.32 bits per heavy atom. The second kappa shape index (κ2) is 12.3. The van der Waals surface area contributed by atoms with Crippen LogP contribution in [0.4, 0.5) is 20.6 Å². The molecule has 1 atom stereocenters. The summed E-state index contributed by atoms with van der Waals surface area (Å²) in [5, 5.41) is 2.86. The molecule has 0 aliphatic rings. The van der Waals surface area contributed by atoms with Gasteiger partial charge in [0, 0.05) is 38.1 Å². The van der Waals surface area contributed by atoms with Crippen molar-refractivity contribution >= 4 is 17.4 Å². The summed E-state index contributed by atoms with van der Waals surface area (Å²) in [6.45, 7) is 10.0. The zero-order valence-electron chi connectivity index (χ0n) is 19.6. The molecule has 2 amide bonds. The topological polar surface area (TPSA) is 38.8 Å². The van der Waals surface area contributed by atoms with Gasteiger partial charge in [-0.1, -0.05) is 32.0 Å². The van der Waals surface area contributed by atoms with Crippen LogP contribution in [-0.4, -0.2) is 55.6 Å². The van der Waals surface area contributed by atoms with Gasteiger partial charge >= 0.3 is 6.03 Å². The second-order valence-corrected chi connectivity index (χ2v) is 8.15. The van der Waals surface area contributed by atoms with E-state index in [0.29, 0.717) is 12.2 Å². The third-order valence-corrected chi connectivity index (χ3v) is 5.67. The Kier molecular flexibility index (Phi) is 9.79. The molecule has 0 aliphatic carbocycles. The Hall–Kier alpha value is -2.60. The zero-order valence-corrected chi connectivity index (χ0v) is 19.6. The van der Waals surface area contributed by atoms with Crippen LogP contribution in [0.2, 0.25) is 0 Å². The molecule has 0 aliphatic heterocycles. The number of carbonyl (C=O) groups excluding carboxylic acids is 1. The first-order valence-corrected chi connectivity index (χ1v) is 11.2. The molecule has 0 bridgehead atoms. The summed E-state index contributed by atoms with van der Waals surface area (Å²) in [6.07, 6.45) is 1.93. The molecule has 0 aromatic heterocycles. The summed E-state index contributed by atoms with van der Waals surface area (Å²) in [4.78, 5) is 19.4. The van der Waals surface area contributed by atoms with E-state index in [2.05, 4.69) is 55.3 Å². The number of hydrogen-bond donors (Lipinski definition) is 1. The average Bonchev–Trinajstić information content (AvgIpc) is 2.75. The Balaban J connectivity index is 2.12. The fourth-order valence-electron chi connectivity index (χ4n) is 3.59. The van der Waals surface area contributed by atoms with Gasteiger partial charge in [0.05, 0.1) is 0 Å². The highest BCUT2D eigenvalue weighted by Gasteiger charge is 2.21. The molecular formula is C25H37FN4O. The molecule has 6 heteroatoms. The number of nitrogens with one attached hydrogen (secondary N) is 1. The summed E-state index contributed by atoms with van der Waals surface area (Å²) in [7, 11) is 4.01. The van der Waals surface area contributed by atoms with Crippen LogP contribution in [0, 0.1) is 5.82 Å². The number of urea groups is 1. The number of anilines is 2. The van der Waals surface area contributed by atoms with Gasteiger partial charge in [-0.15, -0.1) is 0 Å². The summed E-state index contributed by atoms with van der Waals surface area (Å²) < 4.78 is 13.6. The van der Waals surface area contributed by atoms with Crippen LogP contribution in [0.25, 0.3) is 0 Å². The number of nitrogens with zero attached hydrogens (tertiary/aromatic N) is 3. The van der Waals surface area contributed by atoms with Gasteiger partial charge in [-0.05, 0) is 75.3 Å². The number of hydrogen-bond acceptors (Lipinski definition) is 3. The maximum atomic E-state index is 13.6. The van der Waals surface area contributed by atoms with Crippen LogP contribution < -0.4 is 10.2 Å². The Morgan fingerprint density at radius 1 is 1.06 bits per heavy atom. The van der Waals surface area contributed by atoms with Gasteiger partial charge in [0.25, 0.3) is 0 Å². The molecule has 0 heterocycles. The molecule has 0 fully saturated rings. The van der Waals surface area contributed by atoms with Gasteiger partial charge in [0.1, 0.15) is 5.82 Å². The molecule has 2 aromatic carbocycles. The largest absolute Gasteiger partial charge is 0.378 e. The standard InChI is InChI=1S/C25H37FN4O/c1-6-29(7-2)17-9-10-20(3)30(19-21-13-15-24(16-14-21)28(4)5)25(31)27-23-12-8-11-22(26)18-23/h8,11-16,18,20H,6-7,9-10,17,19H2,1-5H3,(H,27,31). The van der Waals surface area contributed by atoms with E-state index in [0.717, 1.165) is 43.7 Å². The minimum absolute atomic E-state index is 0.0534. The van der Waals surface area contributed by atoms with Gasteiger partial charge in [-0.25, -0.2) is 9.18 Å². The molecule has 0 saturated carbocycles. The molecule has 0 radical (unpaired) electrons. The quantitative estimate of drug-likeness (QED) is 0.518. The fourth-order valence-corrected chi connectivity index (χ4v) is 3.59. The number of carbonyl (C=O) groups is 1. The number of benzene rings is 2. The molecule has 170 valence electrons. The van der Waals surface area contributed by atoms with Gasteiger partial charge in [0.2, 0.25) is 0 Å². The van der Waals surface area contributed by atoms with Crippen molar-refractivity contribution in [3.63, 3.8) is 0 Å². The van der Waals surface area contributed by atoms with Crippen molar-refractivity contribution in [3.05, 3.63) is 59.9 Å². The summed E-state index contributed by atoms with van der Waals surface area (Å²) in [5.41, 5.74) is 2.65. The fraction of sp³-hybridized carbons (Fsp3) is 0.480. The normalized spacial score (nSPS) is 12.0. The SMILES string of the molecule is CCN(CC)CCCC(C)N(Cc1ccc(N(C)C)cc1)C(=O)Nc1cccc(F)c1. The van der Waals surface area contributed by atoms with Crippen molar-refractivity contribution in [1.82, 2.24) is 9.80 Å². The van der Waals surface area contributed by atoms with Crippen LogP contribution in [0.5, 0.6) is 0 Å². The maximum Gasteiger partial charge on any atom is 0.322 e. The highest BCUT2D eigenvalue weighted by molar-refractivity contribution is 5.89. The second-order valence-electron chi connectivity index (χ2n) is 8.15. The van der Waals surface area contributed by atoms with Crippen molar-refractivity contribution in [1.29, 1.82) is 0 Å². The lowest BCUT2D eigenvalue weighted by molar-refractivity contribution is 0.181. The molecule has 1 unspecified atom stereocenters. The van der Waals surface area contributed by atoms with E-state index in [9.17, 15) is 9.18 Å². The predicted octanol–water partition coefficient (Wildman–Crippen LogP) is 5.44. The monoisotopic (exact) mass is 428 g/mol. The van der Waals surface area contributed by atoms with E-state index >= 15 is 0 Å². The van der Waals surface area contributed by atoms with Gasteiger partial charge in [0.15, 0.2) is 0 Å². The first-order chi connectivity index (χ1) is 14.8. The van der Waals surface area contributed by atoms with Crippen molar-refractivity contribution < 1.29 is 9.18 Å². The number of rotatable bonds is 11. The molecule has 5 nitrogen and oxygen atoms in total. The third-order valence-electron chi connectivity index (χ3n) is 5.67. The van der Waals surface area contributed by atoms with E-state index in [-0.39, 0.29) is 17.9 Å². The molecule has 31 heavy (non-hydrogen) atoms. The average molecular weight is 429 g/mol. The first-order valence-electron chi connectivity index (χ1n) is 11.2. The lowest BCUT2D eigenvalue weighted by Gasteiger charge is -2.30. The van der Waals surface area contributed by atoms with E-state index in [1.54, 1.807) is 12.1 Å². The summed E-state index contributed by atoms with van der Waals surface area (Å²) >= 11 is 0. The highest BCUT2D eigenvalue weighted by atomic mass is 19.1. The van der Waals surface area contributed by atoms with Crippen molar-refractivity contribution in [2.45, 2.75) is 46.2 Å². The van der Waals surface area contributed by atoms with E-state index < -0.39 is 0 Å². The smallest absolute Gasteiger partial charge is 0.322 e.